The van der Waals surface area contributed by atoms with Gasteiger partial charge in [-0.05, 0) is 31.2 Å². The summed E-state index contributed by atoms with van der Waals surface area (Å²) >= 11 is 5.78. The van der Waals surface area contributed by atoms with E-state index in [1.807, 2.05) is 0 Å². The molecule has 28 heavy (non-hydrogen) atoms. The largest absolute Gasteiger partial charge is 0.493 e. The van der Waals surface area contributed by atoms with Crippen LogP contribution in [0.1, 0.15) is 17.3 Å². The molecule has 0 aliphatic rings. The third kappa shape index (κ3) is 4.89. The maximum Gasteiger partial charge on any atom is 0.346 e. The normalized spacial score (nSPS) is 11.3. The van der Waals surface area contributed by atoms with Gasteiger partial charge in [0.15, 0.2) is 17.6 Å². The molecule has 1 amide bonds. The Morgan fingerprint density at radius 1 is 1.11 bits per heavy atom. The van der Waals surface area contributed by atoms with Gasteiger partial charge < -0.3 is 19.5 Å². The minimum absolute atomic E-state index is 0.0827. The number of rotatable bonds is 7. The summed E-state index contributed by atoms with van der Waals surface area (Å²) in [6, 6.07) is 8.50. The topological polar surface area (TPSA) is 117 Å². The number of hydrogen-bond acceptors (Lipinski definition) is 7. The third-order valence-corrected chi connectivity index (χ3v) is 3.94. The lowest BCUT2D eigenvalue weighted by Gasteiger charge is -2.15. The average molecular weight is 409 g/mol. The number of methoxy groups -OCH3 is 2. The number of anilines is 1. The van der Waals surface area contributed by atoms with Gasteiger partial charge in [-0.1, -0.05) is 11.6 Å². The number of hydrogen-bond donors (Lipinski definition) is 1. The highest BCUT2D eigenvalue weighted by atomic mass is 35.5. The van der Waals surface area contributed by atoms with E-state index in [0.29, 0.717) is 10.7 Å². The summed E-state index contributed by atoms with van der Waals surface area (Å²) < 4.78 is 15.1. The van der Waals surface area contributed by atoms with Gasteiger partial charge in [-0.3, -0.25) is 14.9 Å². The predicted molar refractivity (Wildman–Crippen MR) is 101 cm³/mol. The van der Waals surface area contributed by atoms with Crippen molar-refractivity contribution in [3.05, 3.63) is 57.1 Å². The minimum Gasteiger partial charge on any atom is -0.493 e. The Morgan fingerprint density at radius 3 is 2.21 bits per heavy atom. The zero-order valence-corrected chi connectivity index (χ0v) is 16.0. The van der Waals surface area contributed by atoms with Gasteiger partial charge in [0.05, 0.1) is 25.2 Å². The van der Waals surface area contributed by atoms with Crippen LogP contribution in [0.4, 0.5) is 11.4 Å². The highest BCUT2D eigenvalue weighted by Crippen LogP contribution is 2.35. The van der Waals surface area contributed by atoms with Crippen LogP contribution in [-0.4, -0.2) is 37.1 Å². The summed E-state index contributed by atoms with van der Waals surface area (Å²) in [5, 5.41) is 14.3. The lowest BCUT2D eigenvalue weighted by molar-refractivity contribution is -0.385. The number of esters is 1. The standard InChI is InChI=1S/C18H17ClN2O7/c1-10(17(22)20-12-6-4-11(19)5-7-12)28-18(23)13-8-15(26-2)16(27-3)9-14(13)21(24)25/h4-10H,1-3H3,(H,20,22)/t10-/m0/s1. The first-order chi connectivity index (χ1) is 13.3. The second-order valence-corrected chi connectivity index (χ2v) is 5.96. The molecule has 0 heterocycles. The molecule has 0 aromatic heterocycles. The predicted octanol–water partition coefficient (Wildman–Crippen LogP) is 3.45. The molecule has 0 aliphatic carbocycles. The second-order valence-electron chi connectivity index (χ2n) is 5.53. The Bertz CT molecular complexity index is 900. The van der Waals surface area contributed by atoms with E-state index >= 15 is 0 Å². The third-order valence-electron chi connectivity index (χ3n) is 3.68. The Kier molecular flexibility index (Phi) is 6.78. The van der Waals surface area contributed by atoms with Crippen molar-refractivity contribution in [1.29, 1.82) is 0 Å². The van der Waals surface area contributed by atoms with Crippen molar-refractivity contribution in [3.63, 3.8) is 0 Å². The Hall–Kier alpha value is -3.33. The fraction of sp³-hybridized carbons (Fsp3) is 0.222. The van der Waals surface area contributed by atoms with Crippen LogP contribution in [0.3, 0.4) is 0 Å². The van der Waals surface area contributed by atoms with Gasteiger partial charge in [-0.25, -0.2) is 4.79 Å². The van der Waals surface area contributed by atoms with Gasteiger partial charge in [0, 0.05) is 16.8 Å². The first-order valence-electron chi connectivity index (χ1n) is 7.94. The molecular weight excluding hydrogens is 392 g/mol. The fourth-order valence-electron chi connectivity index (χ4n) is 2.24. The van der Waals surface area contributed by atoms with Crippen LogP contribution in [-0.2, 0) is 9.53 Å². The number of nitrogens with one attached hydrogen (secondary N) is 1. The van der Waals surface area contributed by atoms with Crippen molar-refractivity contribution in [2.75, 3.05) is 19.5 Å². The number of halogens is 1. The first kappa shape index (κ1) is 21.0. The molecule has 0 unspecified atom stereocenters. The van der Waals surface area contributed by atoms with Crippen molar-refractivity contribution in [2.24, 2.45) is 0 Å². The number of nitro benzene ring substituents is 1. The fourth-order valence-corrected chi connectivity index (χ4v) is 2.36. The van der Waals surface area contributed by atoms with Crippen LogP contribution in [0, 0.1) is 10.1 Å². The highest BCUT2D eigenvalue weighted by molar-refractivity contribution is 6.30. The molecule has 0 saturated heterocycles. The van der Waals surface area contributed by atoms with Gasteiger partial charge in [0.25, 0.3) is 11.6 Å². The summed E-state index contributed by atoms with van der Waals surface area (Å²) in [4.78, 5) is 35.2. The van der Waals surface area contributed by atoms with Crippen molar-refractivity contribution in [2.45, 2.75) is 13.0 Å². The van der Waals surface area contributed by atoms with Crippen molar-refractivity contribution in [1.82, 2.24) is 0 Å². The van der Waals surface area contributed by atoms with Crippen LogP contribution in [0.5, 0.6) is 11.5 Å². The molecule has 0 radical (unpaired) electrons. The van der Waals surface area contributed by atoms with Crippen LogP contribution < -0.4 is 14.8 Å². The van der Waals surface area contributed by atoms with Crippen LogP contribution >= 0.6 is 11.6 Å². The quantitative estimate of drug-likeness (QED) is 0.423. The van der Waals surface area contributed by atoms with E-state index in [1.165, 1.54) is 21.1 Å². The molecule has 9 nitrogen and oxygen atoms in total. The molecule has 0 aliphatic heterocycles. The molecule has 1 atom stereocenters. The minimum atomic E-state index is -1.21. The highest BCUT2D eigenvalue weighted by Gasteiger charge is 2.28. The Labute approximate surface area is 165 Å². The molecule has 2 aromatic rings. The molecule has 0 bridgehead atoms. The summed E-state index contributed by atoms with van der Waals surface area (Å²) in [6.07, 6.45) is -1.21. The summed E-state index contributed by atoms with van der Waals surface area (Å²) in [7, 11) is 2.63. The number of nitro groups is 1. The van der Waals surface area contributed by atoms with Gasteiger partial charge in [0.2, 0.25) is 0 Å². The van der Waals surface area contributed by atoms with E-state index in [-0.39, 0.29) is 17.1 Å². The zero-order chi connectivity index (χ0) is 20.8. The molecule has 10 heteroatoms. The molecule has 148 valence electrons. The molecule has 2 rings (SSSR count). The van der Waals surface area contributed by atoms with Gasteiger partial charge >= 0.3 is 5.97 Å². The number of amides is 1. The van der Waals surface area contributed by atoms with Crippen LogP contribution in [0.25, 0.3) is 0 Å². The number of carbonyl (C=O) groups is 2. The van der Waals surface area contributed by atoms with E-state index in [9.17, 15) is 19.7 Å². The van der Waals surface area contributed by atoms with Gasteiger partial charge in [-0.2, -0.15) is 0 Å². The zero-order valence-electron chi connectivity index (χ0n) is 15.2. The SMILES string of the molecule is COc1cc(C(=O)O[C@@H](C)C(=O)Nc2ccc(Cl)cc2)c([N+](=O)[O-])cc1OC. The molecular formula is C18H17ClN2O7. The van der Waals surface area contributed by atoms with E-state index in [1.54, 1.807) is 24.3 Å². The molecule has 0 saturated carbocycles. The number of benzene rings is 2. The number of nitrogens with zero attached hydrogens (tertiary/aromatic N) is 1. The lowest BCUT2D eigenvalue weighted by atomic mass is 10.1. The summed E-state index contributed by atoms with van der Waals surface area (Å²) in [5.74, 6) is -1.47. The van der Waals surface area contributed by atoms with Gasteiger partial charge in [0.1, 0.15) is 5.56 Å². The number of carbonyl (C=O) groups excluding carboxylic acids is 2. The Morgan fingerprint density at radius 2 is 1.68 bits per heavy atom. The molecule has 0 fully saturated rings. The molecule has 0 spiro atoms. The van der Waals surface area contributed by atoms with E-state index in [0.717, 1.165) is 12.1 Å². The monoisotopic (exact) mass is 408 g/mol. The summed E-state index contributed by atoms with van der Waals surface area (Å²) in [6.45, 7) is 1.34. The Balaban J connectivity index is 2.19. The van der Waals surface area contributed by atoms with E-state index < -0.39 is 28.6 Å². The average Bonchev–Trinajstić information content (AvgIpc) is 2.68. The maximum absolute atomic E-state index is 12.4. The van der Waals surface area contributed by atoms with Crippen LogP contribution in [0.2, 0.25) is 5.02 Å². The van der Waals surface area contributed by atoms with Crippen molar-refractivity contribution >= 4 is 34.9 Å². The van der Waals surface area contributed by atoms with E-state index in [4.69, 9.17) is 25.8 Å². The van der Waals surface area contributed by atoms with Crippen molar-refractivity contribution < 1.29 is 28.7 Å². The summed E-state index contributed by atoms with van der Waals surface area (Å²) in [5.41, 5.74) is -0.448. The second kappa shape index (κ2) is 9.05. The lowest BCUT2D eigenvalue weighted by Crippen LogP contribution is -2.30. The van der Waals surface area contributed by atoms with E-state index in [2.05, 4.69) is 5.32 Å². The number of ether oxygens (including phenoxy) is 3. The smallest absolute Gasteiger partial charge is 0.346 e. The van der Waals surface area contributed by atoms with Crippen LogP contribution in [0.15, 0.2) is 36.4 Å². The molecule has 1 N–H and O–H groups in total. The molecule has 2 aromatic carbocycles. The van der Waals surface area contributed by atoms with Crippen molar-refractivity contribution in [3.8, 4) is 11.5 Å². The van der Waals surface area contributed by atoms with Gasteiger partial charge in [-0.15, -0.1) is 0 Å². The first-order valence-corrected chi connectivity index (χ1v) is 8.32. The maximum atomic E-state index is 12.4.